The molecule has 0 aromatic heterocycles. The van der Waals surface area contributed by atoms with Gasteiger partial charge < -0.3 is 20.7 Å². The van der Waals surface area contributed by atoms with Gasteiger partial charge >= 0.3 is 0 Å². The number of benzene rings is 1. The van der Waals surface area contributed by atoms with E-state index in [-0.39, 0.29) is 18.4 Å². The van der Waals surface area contributed by atoms with E-state index < -0.39 is 5.54 Å². The summed E-state index contributed by atoms with van der Waals surface area (Å²) in [7, 11) is 0. The van der Waals surface area contributed by atoms with E-state index >= 15 is 0 Å². The predicted octanol–water partition coefficient (Wildman–Crippen LogP) is 1.60. The van der Waals surface area contributed by atoms with Crippen molar-refractivity contribution >= 4 is 17.5 Å². The minimum Gasteiger partial charge on any atom is -0.381 e. The van der Waals surface area contributed by atoms with E-state index in [4.69, 9.17) is 10.5 Å². The summed E-state index contributed by atoms with van der Waals surface area (Å²) in [6.45, 7) is 7.15. The number of likely N-dealkylation sites (N-methyl/N-ethyl adjacent to an activating group) is 1. The number of anilines is 1. The van der Waals surface area contributed by atoms with E-state index in [1.807, 2.05) is 39.0 Å². The van der Waals surface area contributed by atoms with Gasteiger partial charge in [-0.05, 0) is 44.7 Å². The summed E-state index contributed by atoms with van der Waals surface area (Å²) in [5, 5.41) is 2.92. The standard InChI is InChI=1S/C18H27N3O3/c1-4-21(17(23)18(19)8-10-24-11-9-18)12-15(22)20-16-13(2)6-5-7-14(16)3/h5-7H,4,8-12,19H2,1-3H3,(H,20,22). The van der Waals surface area contributed by atoms with Crippen LogP contribution in [0.4, 0.5) is 5.69 Å². The van der Waals surface area contributed by atoms with Crippen LogP contribution in [0, 0.1) is 13.8 Å². The minimum absolute atomic E-state index is 0.00289. The van der Waals surface area contributed by atoms with Gasteiger partial charge in [-0.2, -0.15) is 0 Å². The summed E-state index contributed by atoms with van der Waals surface area (Å²) in [4.78, 5) is 26.7. The van der Waals surface area contributed by atoms with Crippen LogP contribution in [0.1, 0.15) is 30.9 Å². The summed E-state index contributed by atoms with van der Waals surface area (Å²) in [6.07, 6.45) is 0.974. The quantitative estimate of drug-likeness (QED) is 0.857. The van der Waals surface area contributed by atoms with Crippen LogP contribution in [0.2, 0.25) is 0 Å². The number of nitrogens with one attached hydrogen (secondary N) is 1. The van der Waals surface area contributed by atoms with Crippen molar-refractivity contribution in [2.45, 2.75) is 39.2 Å². The molecule has 0 radical (unpaired) electrons. The normalized spacial score (nSPS) is 16.5. The third kappa shape index (κ3) is 4.13. The van der Waals surface area contributed by atoms with Crippen molar-refractivity contribution in [3.8, 4) is 0 Å². The van der Waals surface area contributed by atoms with Crippen molar-refractivity contribution in [1.82, 2.24) is 4.90 Å². The highest BCUT2D eigenvalue weighted by molar-refractivity contribution is 5.97. The lowest BCUT2D eigenvalue weighted by Gasteiger charge is -2.36. The molecule has 6 heteroatoms. The van der Waals surface area contributed by atoms with Gasteiger partial charge in [-0.1, -0.05) is 18.2 Å². The molecule has 3 N–H and O–H groups in total. The van der Waals surface area contributed by atoms with Crippen LogP contribution in [0.3, 0.4) is 0 Å². The number of carbonyl (C=O) groups excluding carboxylic acids is 2. The SMILES string of the molecule is CCN(CC(=O)Nc1c(C)cccc1C)C(=O)C1(N)CCOCC1. The highest BCUT2D eigenvalue weighted by Crippen LogP contribution is 2.22. The van der Waals surface area contributed by atoms with Crippen molar-refractivity contribution in [3.63, 3.8) is 0 Å². The van der Waals surface area contributed by atoms with Crippen molar-refractivity contribution in [2.24, 2.45) is 5.73 Å². The Morgan fingerprint density at radius 1 is 1.25 bits per heavy atom. The Kier molecular flexibility index (Phi) is 5.96. The zero-order valence-electron chi connectivity index (χ0n) is 14.7. The second kappa shape index (κ2) is 7.77. The number of carbonyl (C=O) groups is 2. The molecular weight excluding hydrogens is 306 g/mol. The molecule has 24 heavy (non-hydrogen) atoms. The molecule has 1 saturated heterocycles. The van der Waals surface area contributed by atoms with Crippen LogP contribution < -0.4 is 11.1 Å². The molecule has 1 heterocycles. The number of amides is 2. The van der Waals surface area contributed by atoms with Crippen molar-refractivity contribution in [1.29, 1.82) is 0 Å². The van der Waals surface area contributed by atoms with Crippen molar-refractivity contribution in [2.75, 3.05) is 31.6 Å². The molecule has 1 aromatic carbocycles. The summed E-state index contributed by atoms with van der Waals surface area (Å²) in [6, 6.07) is 5.84. The number of hydrogen-bond acceptors (Lipinski definition) is 4. The van der Waals surface area contributed by atoms with Gasteiger partial charge in [-0.25, -0.2) is 0 Å². The molecule has 0 aliphatic carbocycles. The summed E-state index contributed by atoms with van der Waals surface area (Å²) >= 11 is 0. The first-order valence-corrected chi connectivity index (χ1v) is 8.39. The number of aryl methyl sites for hydroxylation is 2. The van der Waals surface area contributed by atoms with Crippen molar-refractivity contribution < 1.29 is 14.3 Å². The van der Waals surface area contributed by atoms with Gasteiger partial charge in [0.2, 0.25) is 11.8 Å². The molecule has 1 aliphatic rings. The van der Waals surface area contributed by atoms with E-state index in [2.05, 4.69) is 5.32 Å². The molecule has 0 atom stereocenters. The Balaban J connectivity index is 2.04. The number of rotatable bonds is 5. The number of ether oxygens (including phenoxy) is 1. The Morgan fingerprint density at radius 2 is 1.83 bits per heavy atom. The lowest BCUT2D eigenvalue weighted by molar-refractivity contribution is -0.142. The first-order valence-electron chi connectivity index (χ1n) is 8.39. The fraction of sp³-hybridized carbons (Fsp3) is 0.556. The lowest BCUT2D eigenvalue weighted by atomic mass is 9.89. The number of hydrogen-bond donors (Lipinski definition) is 2. The third-order valence-corrected chi connectivity index (χ3v) is 4.56. The maximum atomic E-state index is 12.7. The molecule has 6 nitrogen and oxygen atoms in total. The Labute approximate surface area is 143 Å². The number of nitrogens with zero attached hydrogens (tertiary/aromatic N) is 1. The van der Waals surface area contributed by atoms with Gasteiger partial charge in [-0.3, -0.25) is 9.59 Å². The molecule has 2 rings (SSSR count). The van der Waals surface area contributed by atoms with Gasteiger partial charge in [0.15, 0.2) is 0 Å². The van der Waals surface area contributed by atoms with Crippen LogP contribution in [-0.2, 0) is 14.3 Å². The van der Waals surface area contributed by atoms with Crippen LogP contribution in [0.5, 0.6) is 0 Å². The van der Waals surface area contributed by atoms with Gasteiger partial charge in [-0.15, -0.1) is 0 Å². The highest BCUT2D eigenvalue weighted by Gasteiger charge is 2.39. The zero-order valence-corrected chi connectivity index (χ0v) is 14.7. The average Bonchev–Trinajstić information content (AvgIpc) is 2.56. The third-order valence-electron chi connectivity index (χ3n) is 4.56. The summed E-state index contributed by atoms with van der Waals surface area (Å²) < 4.78 is 5.28. The van der Waals surface area contributed by atoms with E-state index in [9.17, 15) is 9.59 Å². The lowest BCUT2D eigenvalue weighted by Crippen LogP contribution is -2.59. The van der Waals surface area contributed by atoms with Crippen LogP contribution in [-0.4, -0.2) is 48.6 Å². The molecule has 132 valence electrons. The Bertz CT molecular complexity index is 589. The summed E-state index contributed by atoms with van der Waals surface area (Å²) in [5.41, 5.74) is 8.13. The average molecular weight is 333 g/mol. The Hall–Kier alpha value is -1.92. The van der Waals surface area contributed by atoms with Gasteiger partial charge in [0.25, 0.3) is 0 Å². The van der Waals surface area contributed by atoms with Crippen molar-refractivity contribution in [3.05, 3.63) is 29.3 Å². The first kappa shape index (κ1) is 18.4. The minimum atomic E-state index is -0.923. The number of nitrogens with two attached hydrogens (primary N) is 1. The largest absolute Gasteiger partial charge is 0.381 e. The van der Waals surface area contributed by atoms with Gasteiger partial charge in [0.05, 0.1) is 12.1 Å². The fourth-order valence-corrected chi connectivity index (χ4v) is 2.96. The maximum Gasteiger partial charge on any atom is 0.244 e. The molecule has 0 saturated carbocycles. The van der Waals surface area contributed by atoms with Gasteiger partial charge in [0, 0.05) is 25.4 Å². The molecule has 1 aromatic rings. The monoisotopic (exact) mass is 333 g/mol. The summed E-state index contributed by atoms with van der Waals surface area (Å²) in [5.74, 6) is -0.386. The van der Waals surface area contributed by atoms with E-state index in [1.54, 1.807) is 0 Å². The maximum absolute atomic E-state index is 12.7. The van der Waals surface area contributed by atoms with E-state index in [1.165, 1.54) is 4.90 Å². The molecule has 0 bridgehead atoms. The second-order valence-corrected chi connectivity index (χ2v) is 6.40. The molecule has 1 aliphatic heterocycles. The molecule has 0 spiro atoms. The second-order valence-electron chi connectivity index (χ2n) is 6.40. The predicted molar refractivity (Wildman–Crippen MR) is 93.8 cm³/mol. The topological polar surface area (TPSA) is 84.7 Å². The smallest absolute Gasteiger partial charge is 0.244 e. The molecule has 2 amide bonds. The number of para-hydroxylation sites is 1. The van der Waals surface area contributed by atoms with Crippen LogP contribution in [0.25, 0.3) is 0 Å². The van der Waals surface area contributed by atoms with Crippen LogP contribution in [0.15, 0.2) is 18.2 Å². The molecule has 0 unspecified atom stereocenters. The zero-order chi connectivity index (χ0) is 17.7. The Morgan fingerprint density at radius 3 is 2.38 bits per heavy atom. The van der Waals surface area contributed by atoms with Crippen LogP contribution >= 0.6 is 0 Å². The molecular formula is C18H27N3O3. The van der Waals surface area contributed by atoms with E-state index in [0.717, 1.165) is 16.8 Å². The van der Waals surface area contributed by atoms with Gasteiger partial charge in [0.1, 0.15) is 0 Å². The molecule has 1 fully saturated rings. The highest BCUT2D eigenvalue weighted by atomic mass is 16.5. The van der Waals surface area contributed by atoms with E-state index in [0.29, 0.717) is 32.6 Å². The fourth-order valence-electron chi connectivity index (χ4n) is 2.96. The first-order chi connectivity index (χ1) is 11.4.